The predicted octanol–water partition coefficient (Wildman–Crippen LogP) is 3.26. The smallest absolute Gasteiger partial charge is 0.306 e. The zero-order chi connectivity index (χ0) is 21.5. The molecule has 1 amide bonds. The highest BCUT2D eigenvalue weighted by atomic mass is 35.5. The molecule has 2 aromatic carbocycles. The molecule has 0 unspecified atom stereocenters. The number of ether oxygens (including phenoxy) is 4. The van der Waals surface area contributed by atoms with Gasteiger partial charge in [0.1, 0.15) is 19.0 Å². The Morgan fingerprint density at radius 2 is 1.80 bits per heavy atom. The molecule has 158 valence electrons. The van der Waals surface area contributed by atoms with E-state index < -0.39 is 18.5 Å². The highest BCUT2D eigenvalue weighted by Gasteiger charge is 2.17. The molecule has 2 aromatic rings. The van der Waals surface area contributed by atoms with Crippen LogP contribution in [0.15, 0.2) is 36.4 Å². The van der Waals surface area contributed by atoms with E-state index in [0.29, 0.717) is 46.7 Å². The van der Waals surface area contributed by atoms with E-state index in [4.69, 9.17) is 30.5 Å². The summed E-state index contributed by atoms with van der Waals surface area (Å²) in [6.07, 6.45) is -0.205. The van der Waals surface area contributed by atoms with Crippen LogP contribution in [0.2, 0.25) is 5.02 Å². The Kier molecular flexibility index (Phi) is 7.13. The molecule has 8 nitrogen and oxygen atoms in total. The first-order valence-corrected chi connectivity index (χ1v) is 9.56. The van der Waals surface area contributed by atoms with Crippen molar-refractivity contribution in [3.8, 4) is 17.2 Å². The number of carbonyl (C=O) groups excluding carboxylic acids is 3. The molecule has 1 aliphatic rings. The Labute approximate surface area is 178 Å². The fraction of sp³-hybridized carbons (Fsp3) is 0.286. The lowest BCUT2D eigenvalue weighted by atomic mass is 10.1. The van der Waals surface area contributed by atoms with Gasteiger partial charge < -0.3 is 24.3 Å². The molecule has 30 heavy (non-hydrogen) atoms. The van der Waals surface area contributed by atoms with Crippen molar-refractivity contribution in [3.05, 3.63) is 47.0 Å². The largest absolute Gasteiger partial charge is 0.495 e. The minimum Gasteiger partial charge on any atom is -0.495 e. The lowest BCUT2D eigenvalue weighted by Crippen LogP contribution is -2.21. The Morgan fingerprint density at radius 3 is 2.57 bits per heavy atom. The second kappa shape index (κ2) is 9.98. The Balaban J connectivity index is 1.45. The third kappa shape index (κ3) is 5.64. The Bertz CT molecular complexity index is 960. The number of carbonyl (C=O) groups is 3. The Morgan fingerprint density at radius 1 is 1.03 bits per heavy atom. The van der Waals surface area contributed by atoms with E-state index in [1.54, 1.807) is 30.3 Å². The van der Waals surface area contributed by atoms with Gasteiger partial charge in [0.25, 0.3) is 5.91 Å². The maximum absolute atomic E-state index is 12.3. The highest BCUT2D eigenvalue weighted by molar-refractivity contribution is 6.31. The number of Topliss-reactive ketones (excluding diaryl/α,β-unsaturated/α-hetero) is 1. The number of anilines is 1. The summed E-state index contributed by atoms with van der Waals surface area (Å²) in [7, 11) is 1.46. The van der Waals surface area contributed by atoms with Crippen LogP contribution < -0.4 is 19.5 Å². The molecule has 0 aromatic heterocycles. The molecule has 0 radical (unpaired) electrons. The first-order valence-electron chi connectivity index (χ1n) is 9.18. The molecular weight excluding hydrogens is 414 g/mol. The fourth-order valence-electron chi connectivity index (χ4n) is 2.76. The number of nitrogens with one attached hydrogen (secondary N) is 1. The number of halogens is 1. The van der Waals surface area contributed by atoms with E-state index in [-0.39, 0.29) is 18.6 Å². The van der Waals surface area contributed by atoms with Gasteiger partial charge in [-0.25, -0.2) is 0 Å². The van der Waals surface area contributed by atoms with Crippen molar-refractivity contribution >= 4 is 34.9 Å². The number of ketones is 1. The van der Waals surface area contributed by atoms with Crippen LogP contribution in [0.3, 0.4) is 0 Å². The minimum atomic E-state index is -0.658. The number of hydrogen-bond acceptors (Lipinski definition) is 7. The third-order valence-corrected chi connectivity index (χ3v) is 4.46. The van der Waals surface area contributed by atoms with Gasteiger partial charge in [-0.15, -0.1) is 0 Å². The number of hydrogen-bond donors (Lipinski definition) is 1. The Hall–Kier alpha value is -3.26. The molecule has 0 atom stereocenters. The molecular formula is C21H20ClNO7. The van der Waals surface area contributed by atoms with Gasteiger partial charge in [0.15, 0.2) is 23.9 Å². The van der Waals surface area contributed by atoms with Crippen LogP contribution in [0.1, 0.15) is 23.2 Å². The minimum absolute atomic E-state index is 0.0534. The van der Waals surface area contributed by atoms with E-state index >= 15 is 0 Å². The number of amides is 1. The van der Waals surface area contributed by atoms with Crippen LogP contribution in [0.4, 0.5) is 5.69 Å². The van der Waals surface area contributed by atoms with Crippen molar-refractivity contribution < 1.29 is 33.3 Å². The second-order valence-corrected chi connectivity index (χ2v) is 6.77. The van der Waals surface area contributed by atoms with E-state index in [9.17, 15) is 14.4 Å². The lowest BCUT2D eigenvalue weighted by Gasteiger charge is -2.18. The quantitative estimate of drug-likeness (QED) is 0.503. The van der Waals surface area contributed by atoms with E-state index in [0.717, 1.165) is 0 Å². The van der Waals surface area contributed by atoms with Crippen LogP contribution in [-0.2, 0) is 14.3 Å². The van der Waals surface area contributed by atoms with Gasteiger partial charge in [-0.1, -0.05) is 11.6 Å². The van der Waals surface area contributed by atoms with Crippen LogP contribution in [0, 0.1) is 0 Å². The highest BCUT2D eigenvalue weighted by Crippen LogP contribution is 2.31. The summed E-state index contributed by atoms with van der Waals surface area (Å²) >= 11 is 5.91. The number of rotatable bonds is 8. The molecule has 1 aliphatic heterocycles. The lowest BCUT2D eigenvalue weighted by molar-refractivity contribution is -0.147. The monoisotopic (exact) mass is 433 g/mol. The van der Waals surface area contributed by atoms with Crippen molar-refractivity contribution in [3.63, 3.8) is 0 Å². The summed E-state index contributed by atoms with van der Waals surface area (Å²) in [6.45, 7) is 0.386. The molecule has 1 heterocycles. The number of fused-ring (bicyclic) bond motifs is 1. The second-order valence-electron chi connectivity index (χ2n) is 6.34. The summed E-state index contributed by atoms with van der Waals surface area (Å²) in [5.41, 5.74) is 0.776. The summed E-state index contributed by atoms with van der Waals surface area (Å²) in [4.78, 5) is 36.2. The zero-order valence-electron chi connectivity index (χ0n) is 16.2. The normalized spacial score (nSPS) is 12.1. The van der Waals surface area contributed by atoms with Crippen molar-refractivity contribution in [1.82, 2.24) is 0 Å². The molecule has 3 rings (SSSR count). The van der Waals surface area contributed by atoms with Gasteiger partial charge in [-0.05, 0) is 36.4 Å². The van der Waals surface area contributed by atoms with Gasteiger partial charge >= 0.3 is 5.97 Å². The summed E-state index contributed by atoms with van der Waals surface area (Å²) in [5.74, 6) is 0.0553. The summed E-state index contributed by atoms with van der Waals surface area (Å²) in [5, 5.41) is 2.98. The van der Waals surface area contributed by atoms with Crippen LogP contribution in [-0.4, -0.2) is 44.6 Å². The van der Waals surface area contributed by atoms with Gasteiger partial charge in [-0.3, -0.25) is 14.4 Å². The van der Waals surface area contributed by atoms with Crippen molar-refractivity contribution in [2.45, 2.75) is 12.8 Å². The summed E-state index contributed by atoms with van der Waals surface area (Å²) < 4.78 is 20.9. The van der Waals surface area contributed by atoms with Gasteiger partial charge in [0.05, 0.1) is 19.2 Å². The first-order chi connectivity index (χ1) is 14.5. The van der Waals surface area contributed by atoms with Crippen molar-refractivity contribution in [2.75, 3.05) is 32.2 Å². The third-order valence-electron chi connectivity index (χ3n) is 4.22. The van der Waals surface area contributed by atoms with Crippen LogP contribution in [0.5, 0.6) is 17.2 Å². The molecule has 0 bridgehead atoms. The summed E-state index contributed by atoms with van der Waals surface area (Å²) in [6, 6.07) is 9.61. The maximum Gasteiger partial charge on any atom is 0.306 e. The van der Waals surface area contributed by atoms with Crippen molar-refractivity contribution in [1.29, 1.82) is 0 Å². The maximum atomic E-state index is 12.3. The SMILES string of the molecule is COc1ccc(Cl)cc1NC(=O)COC(=O)CCC(=O)c1ccc2c(c1)OCCO2. The van der Waals surface area contributed by atoms with Gasteiger partial charge in [0.2, 0.25) is 0 Å². The number of esters is 1. The number of methoxy groups -OCH3 is 1. The zero-order valence-corrected chi connectivity index (χ0v) is 17.0. The molecule has 0 saturated heterocycles. The van der Waals surface area contributed by atoms with Crippen LogP contribution >= 0.6 is 11.6 Å². The average molecular weight is 434 g/mol. The average Bonchev–Trinajstić information content (AvgIpc) is 2.76. The molecule has 1 N–H and O–H groups in total. The molecule has 9 heteroatoms. The standard InChI is InChI=1S/C21H20ClNO7/c1-27-17-6-3-14(22)11-15(17)23-20(25)12-30-21(26)7-4-16(24)13-2-5-18-19(10-13)29-9-8-28-18/h2-3,5-6,10-11H,4,7-9,12H2,1H3,(H,23,25). The topological polar surface area (TPSA) is 100 Å². The van der Waals surface area contributed by atoms with E-state index in [1.165, 1.54) is 13.2 Å². The van der Waals surface area contributed by atoms with E-state index in [2.05, 4.69) is 5.32 Å². The van der Waals surface area contributed by atoms with E-state index in [1.807, 2.05) is 0 Å². The number of benzene rings is 2. The molecule has 0 spiro atoms. The van der Waals surface area contributed by atoms with Gasteiger partial charge in [0, 0.05) is 17.0 Å². The predicted molar refractivity (Wildman–Crippen MR) is 109 cm³/mol. The molecule has 0 aliphatic carbocycles. The van der Waals surface area contributed by atoms with Gasteiger partial charge in [-0.2, -0.15) is 0 Å². The molecule has 0 fully saturated rings. The first kappa shape index (κ1) is 21.4. The fourth-order valence-corrected chi connectivity index (χ4v) is 2.93. The van der Waals surface area contributed by atoms with Crippen molar-refractivity contribution in [2.24, 2.45) is 0 Å². The van der Waals surface area contributed by atoms with Crippen LogP contribution in [0.25, 0.3) is 0 Å². The molecule has 0 saturated carbocycles.